The lowest BCUT2D eigenvalue weighted by atomic mass is 9.84. The van der Waals surface area contributed by atoms with Crippen LogP contribution in [0.4, 0.5) is 0 Å². The molecule has 3 atom stereocenters. The average Bonchev–Trinajstić information content (AvgIpc) is 2.55. The van der Waals surface area contributed by atoms with Crippen molar-refractivity contribution in [1.82, 2.24) is 10.6 Å². The lowest BCUT2D eigenvalue weighted by molar-refractivity contribution is -0.123. The Balaban J connectivity index is 2.01. The minimum atomic E-state index is -0.361. The Kier molecular flexibility index (Phi) is 7.06. The van der Waals surface area contributed by atoms with Gasteiger partial charge in [-0.15, -0.1) is 0 Å². The Morgan fingerprint density at radius 1 is 1.25 bits per heavy atom. The second-order valence-corrected chi connectivity index (χ2v) is 6.90. The number of carbonyl (C=O) groups excluding carboxylic acids is 2. The predicted molar refractivity (Wildman–Crippen MR) is 95.6 cm³/mol. The highest BCUT2D eigenvalue weighted by atomic mass is 35.5. The van der Waals surface area contributed by atoms with Gasteiger partial charge >= 0.3 is 0 Å². The topological polar surface area (TPSA) is 84.2 Å². The molecule has 6 heteroatoms. The number of carbonyl (C=O) groups is 2. The summed E-state index contributed by atoms with van der Waals surface area (Å²) in [7, 11) is 0. The van der Waals surface area contributed by atoms with Gasteiger partial charge in [-0.1, -0.05) is 36.6 Å². The smallest absolute Gasteiger partial charge is 0.222 e. The van der Waals surface area contributed by atoms with Crippen LogP contribution in [0.25, 0.3) is 0 Å². The summed E-state index contributed by atoms with van der Waals surface area (Å²) < 4.78 is 0. The van der Waals surface area contributed by atoms with Gasteiger partial charge in [0.1, 0.15) is 0 Å². The number of hydrogen-bond donors (Lipinski definition) is 3. The molecule has 4 N–H and O–H groups in total. The van der Waals surface area contributed by atoms with Crippen molar-refractivity contribution in [2.45, 2.75) is 51.1 Å². The molecule has 0 aliphatic heterocycles. The maximum atomic E-state index is 12.5. The number of halogens is 1. The molecule has 2 amide bonds. The molecule has 1 aromatic carbocycles. The van der Waals surface area contributed by atoms with Crippen molar-refractivity contribution < 1.29 is 9.59 Å². The number of nitrogens with two attached hydrogens (primary N) is 1. The molecular weight excluding hydrogens is 326 g/mol. The molecule has 0 radical (unpaired) electrons. The van der Waals surface area contributed by atoms with Gasteiger partial charge in [0.25, 0.3) is 0 Å². The van der Waals surface area contributed by atoms with Gasteiger partial charge in [-0.05, 0) is 43.0 Å². The zero-order valence-corrected chi connectivity index (χ0v) is 14.8. The fourth-order valence-corrected chi connectivity index (χ4v) is 3.45. The molecule has 0 spiro atoms. The van der Waals surface area contributed by atoms with Crippen LogP contribution in [0.3, 0.4) is 0 Å². The molecule has 1 fully saturated rings. The molecule has 3 unspecified atom stereocenters. The van der Waals surface area contributed by atoms with E-state index >= 15 is 0 Å². The SMILES string of the molecule is CC(=O)NC(CC(=O)NC1CCCCC1CN)c1ccc(Cl)cc1. The summed E-state index contributed by atoms with van der Waals surface area (Å²) in [4.78, 5) is 24.0. The first-order valence-corrected chi connectivity index (χ1v) is 8.89. The molecule has 1 aliphatic rings. The number of rotatable bonds is 6. The molecule has 24 heavy (non-hydrogen) atoms. The number of benzene rings is 1. The van der Waals surface area contributed by atoms with E-state index in [2.05, 4.69) is 10.6 Å². The van der Waals surface area contributed by atoms with E-state index in [0.717, 1.165) is 24.8 Å². The minimum Gasteiger partial charge on any atom is -0.353 e. The maximum Gasteiger partial charge on any atom is 0.222 e. The van der Waals surface area contributed by atoms with Crippen molar-refractivity contribution >= 4 is 23.4 Å². The molecule has 132 valence electrons. The fourth-order valence-electron chi connectivity index (χ4n) is 3.32. The zero-order chi connectivity index (χ0) is 17.5. The molecule has 0 aromatic heterocycles. The van der Waals surface area contributed by atoms with Crippen LogP contribution in [0.1, 0.15) is 50.6 Å². The third-order valence-electron chi connectivity index (χ3n) is 4.60. The third kappa shape index (κ3) is 5.49. The first kappa shape index (κ1) is 18.7. The lowest BCUT2D eigenvalue weighted by Gasteiger charge is -2.31. The van der Waals surface area contributed by atoms with Crippen molar-refractivity contribution in [3.63, 3.8) is 0 Å². The molecule has 1 saturated carbocycles. The van der Waals surface area contributed by atoms with Gasteiger partial charge in [-0.2, -0.15) is 0 Å². The Labute approximate surface area is 148 Å². The third-order valence-corrected chi connectivity index (χ3v) is 4.85. The van der Waals surface area contributed by atoms with Crippen LogP contribution < -0.4 is 16.4 Å². The van der Waals surface area contributed by atoms with Crippen LogP contribution in [0.5, 0.6) is 0 Å². The lowest BCUT2D eigenvalue weighted by Crippen LogP contribution is -2.45. The van der Waals surface area contributed by atoms with Crippen molar-refractivity contribution in [2.75, 3.05) is 6.54 Å². The predicted octanol–water partition coefficient (Wildman–Crippen LogP) is 2.54. The van der Waals surface area contributed by atoms with Gasteiger partial charge < -0.3 is 16.4 Å². The van der Waals surface area contributed by atoms with Gasteiger partial charge in [0, 0.05) is 18.0 Å². The largest absolute Gasteiger partial charge is 0.353 e. The van der Waals surface area contributed by atoms with E-state index in [-0.39, 0.29) is 30.3 Å². The Morgan fingerprint density at radius 3 is 2.54 bits per heavy atom. The first-order valence-electron chi connectivity index (χ1n) is 8.51. The van der Waals surface area contributed by atoms with Crippen LogP contribution in [-0.2, 0) is 9.59 Å². The van der Waals surface area contributed by atoms with Crippen LogP contribution >= 0.6 is 11.6 Å². The quantitative estimate of drug-likeness (QED) is 0.736. The Morgan fingerprint density at radius 2 is 1.92 bits per heavy atom. The highest BCUT2D eigenvalue weighted by Crippen LogP contribution is 2.24. The average molecular weight is 352 g/mol. The van der Waals surface area contributed by atoms with Gasteiger partial charge in [-0.3, -0.25) is 9.59 Å². The van der Waals surface area contributed by atoms with Crippen molar-refractivity contribution in [1.29, 1.82) is 0 Å². The summed E-state index contributed by atoms with van der Waals surface area (Å²) in [5.74, 6) is 0.117. The van der Waals surface area contributed by atoms with Crippen molar-refractivity contribution in [3.8, 4) is 0 Å². The summed E-state index contributed by atoms with van der Waals surface area (Å²) in [6.07, 6.45) is 4.53. The standard InChI is InChI=1S/C18H26ClN3O2/c1-12(23)21-17(13-6-8-15(19)9-7-13)10-18(24)22-16-5-3-2-4-14(16)11-20/h6-9,14,16-17H,2-5,10-11,20H2,1H3,(H,21,23)(H,22,24). The van der Waals surface area contributed by atoms with Crippen LogP contribution in [-0.4, -0.2) is 24.4 Å². The molecule has 0 heterocycles. The summed E-state index contributed by atoms with van der Waals surface area (Å²) >= 11 is 5.91. The first-order chi connectivity index (χ1) is 11.5. The molecule has 1 aromatic rings. The van der Waals surface area contributed by atoms with Gasteiger partial charge in [0.2, 0.25) is 11.8 Å². The van der Waals surface area contributed by atoms with Crippen molar-refractivity contribution in [3.05, 3.63) is 34.9 Å². The van der Waals surface area contributed by atoms with Crippen molar-refractivity contribution in [2.24, 2.45) is 11.7 Å². The molecule has 0 bridgehead atoms. The second kappa shape index (κ2) is 9.04. The molecule has 0 saturated heterocycles. The summed E-state index contributed by atoms with van der Waals surface area (Å²) in [6.45, 7) is 2.05. The van der Waals surface area contributed by atoms with E-state index in [4.69, 9.17) is 17.3 Å². The van der Waals surface area contributed by atoms with E-state index in [1.807, 2.05) is 12.1 Å². The van der Waals surface area contributed by atoms with E-state index in [1.165, 1.54) is 13.3 Å². The van der Waals surface area contributed by atoms with Gasteiger partial charge in [-0.25, -0.2) is 0 Å². The Bertz CT molecular complexity index is 562. The van der Waals surface area contributed by atoms with E-state index in [9.17, 15) is 9.59 Å². The van der Waals surface area contributed by atoms with Crippen LogP contribution in [0.2, 0.25) is 5.02 Å². The van der Waals surface area contributed by atoms with E-state index in [0.29, 0.717) is 17.5 Å². The minimum absolute atomic E-state index is 0.0611. The Hall–Kier alpha value is -1.59. The fraction of sp³-hybridized carbons (Fsp3) is 0.556. The molecule has 2 rings (SSSR count). The van der Waals surface area contributed by atoms with E-state index in [1.54, 1.807) is 12.1 Å². The van der Waals surface area contributed by atoms with Crippen LogP contribution in [0, 0.1) is 5.92 Å². The number of nitrogens with one attached hydrogen (secondary N) is 2. The van der Waals surface area contributed by atoms with E-state index < -0.39 is 0 Å². The highest BCUT2D eigenvalue weighted by Gasteiger charge is 2.26. The maximum absolute atomic E-state index is 12.5. The molecule has 1 aliphatic carbocycles. The number of amides is 2. The van der Waals surface area contributed by atoms with Gasteiger partial charge in [0.15, 0.2) is 0 Å². The zero-order valence-electron chi connectivity index (χ0n) is 14.1. The number of hydrogen-bond acceptors (Lipinski definition) is 3. The second-order valence-electron chi connectivity index (χ2n) is 6.46. The normalized spacial score (nSPS) is 21.8. The summed E-state index contributed by atoms with van der Waals surface area (Å²) in [5, 5.41) is 6.57. The van der Waals surface area contributed by atoms with Gasteiger partial charge in [0.05, 0.1) is 12.5 Å². The monoisotopic (exact) mass is 351 g/mol. The molecular formula is C18H26ClN3O2. The van der Waals surface area contributed by atoms with Crippen LogP contribution in [0.15, 0.2) is 24.3 Å². The highest BCUT2D eigenvalue weighted by molar-refractivity contribution is 6.30. The summed E-state index contributed by atoms with van der Waals surface area (Å²) in [6, 6.07) is 6.96. The summed E-state index contributed by atoms with van der Waals surface area (Å²) in [5.41, 5.74) is 6.69. The molecule has 5 nitrogen and oxygen atoms in total.